The van der Waals surface area contributed by atoms with E-state index < -0.39 is 17.9 Å². The molecule has 0 atom stereocenters. The SMILES string of the molecule is CCN(CC)C(=O)c1c(CCc2ccc3ccccc3c2)cc(OC)cc1OC.CCN(CC)C(=O)c1c(CCc2ccc3ccccc3c2)cccc1OC.CCN(CC)C(=O)c1c(O)cccc1CCc1ccc2ccccc2c1.COc1cccc(CCCCCCc2ccccc2)c1C(=O)O.O=C(O)c1c(O)cccc1CCc1ccc2ccccc2c1.O=C(O)c1c(O)cccc1COCCc1ccccc1. The van der Waals surface area contributed by atoms with Gasteiger partial charge in [-0.25, -0.2) is 14.4 Å². The van der Waals surface area contributed by atoms with Crippen molar-refractivity contribution in [3.05, 3.63) is 434 Å². The number of methoxy groups -OCH3 is 4. The molecule has 0 bridgehead atoms. The van der Waals surface area contributed by atoms with Crippen molar-refractivity contribution in [2.45, 2.75) is 144 Å². The summed E-state index contributed by atoms with van der Waals surface area (Å²) in [5.41, 5.74) is 14.3. The number of nitrogens with zero attached hydrogens (tertiary/aromatic N) is 3. The Balaban J connectivity index is 0.000000168. The van der Waals surface area contributed by atoms with Crippen molar-refractivity contribution in [1.29, 1.82) is 0 Å². The van der Waals surface area contributed by atoms with E-state index in [0.717, 1.165) is 105 Å². The number of carbonyl (C=O) groups excluding carboxylic acids is 3. The summed E-state index contributed by atoms with van der Waals surface area (Å²) in [5, 5.41) is 67.0. The van der Waals surface area contributed by atoms with Crippen LogP contribution >= 0.6 is 0 Å². The molecule has 0 radical (unpaired) electrons. The maximum absolute atomic E-state index is 13.2. The van der Waals surface area contributed by atoms with Crippen molar-refractivity contribution in [3.8, 4) is 40.2 Å². The largest absolute Gasteiger partial charge is 0.507 e. The topological polar surface area (TPSA) is 280 Å². The number of hydrogen-bond donors (Lipinski definition) is 6. The Morgan fingerprint density at radius 1 is 0.231 bits per heavy atom. The van der Waals surface area contributed by atoms with E-state index in [9.17, 15) is 54.3 Å². The average Bonchev–Trinajstić information content (AvgIpc) is 0.784. The van der Waals surface area contributed by atoms with Crippen molar-refractivity contribution in [2.75, 3.05) is 74.3 Å². The number of fused-ring (bicyclic) bond motifs is 4. The minimum atomic E-state index is -1.15. The second-order valence-corrected chi connectivity index (χ2v) is 35.5. The molecule has 147 heavy (non-hydrogen) atoms. The molecule has 762 valence electrons. The van der Waals surface area contributed by atoms with Crippen LogP contribution in [0.1, 0.15) is 196 Å². The minimum Gasteiger partial charge on any atom is -0.507 e. The molecule has 20 heteroatoms. The summed E-state index contributed by atoms with van der Waals surface area (Å²) in [6.45, 7) is 16.5. The number of phenolic OH excluding ortho intramolecular Hbond substituents is 1. The van der Waals surface area contributed by atoms with Gasteiger partial charge in [-0.2, -0.15) is 0 Å². The van der Waals surface area contributed by atoms with Gasteiger partial charge in [-0.05, 0) is 271 Å². The van der Waals surface area contributed by atoms with Gasteiger partial charge in [-0.1, -0.05) is 304 Å². The fourth-order valence-corrected chi connectivity index (χ4v) is 18.2. The van der Waals surface area contributed by atoms with Crippen molar-refractivity contribution in [2.24, 2.45) is 0 Å². The Morgan fingerprint density at radius 2 is 0.531 bits per heavy atom. The summed E-state index contributed by atoms with van der Waals surface area (Å²) in [7, 11) is 6.37. The monoisotopic (exact) mass is 1980 g/mol. The highest BCUT2D eigenvalue weighted by atomic mass is 16.5. The zero-order valence-corrected chi connectivity index (χ0v) is 86.0. The molecule has 0 saturated heterocycles. The molecule has 0 aromatic heterocycles. The van der Waals surface area contributed by atoms with Gasteiger partial charge in [0.2, 0.25) is 0 Å². The molecule has 20 nitrogen and oxygen atoms in total. The van der Waals surface area contributed by atoms with Gasteiger partial charge < -0.3 is 69.0 Å². The molecular weight excluding hydrogens is 1840 g/mol. The Bertz CT molecular complexity index is 7010. The van der Waals surface area contributed by atoms with Crippen molar-refractivity contribution in [3.63, 3.8) is 0 Å². The smallest absolute Gasteiger partial charge is 0.339 e. The van der Waals surface area contributed by atoms with E-state index in [1.165, 1.54) is 103 Å². The van der Waals surface area contributed by atoms with E-state index in [4.69, 9.17) is 28.8 Å². The summed E-state index contributed by atoms with van der Waals surface area (Å²) in [5.74, 6) is -1.18. The lowest BCUT2D eigenvalue weighted by atomic mass is 9.96. The number of amides is 3. The highest BCUT2D eigenvalue weighted by molar-refractivity contribution is 6.01. The maximum Gasteiger partial charge on any atom is 0.339 e. The number of hydrogen-bond acceptors (Lipinski definition) is 14. The molecule has 0 aliphatic rings. The Labute approximate surface area is 864 Å². The normalized spacial score (nSPS) is 10.7. The lowest BCUT2D eigenvalue weighted by molar-refractivity contribution is 0.0675. The van der Waals surface area contributed by atoms with Crippen LogP contribution < -0.4 is 18.9 Å². The molecule has 6 N–H and O–H groups in total. The molecule has 0 fully saturated rings. The second-order valence-electron chi connectivity index (χ2n) is 35.5. The first-order chi connectivity index (χ1) is 71.5. The fraction of sp³-hybridized carbons (Fsp3) is 0.260. The number of aromatic hydroxyl groups is 3. The average molecular weight is 1980 g/mol. The molecule has 3 amide bonds. The number of ether oxygens (including phenoxy) is 5. The third-order valence-corrected chi connectivity index (χ3v) is 26.2. The third-order valence-electron chi connectivity index (χ3n) is 26.2. The first-order valence-corrected chi connectivity index (χ1v) is 50.6. The highest BCUT2D eigenvalue weighted by Crippen LogP contribution is 2.35. The van der Waals surface area contributed by atoms with E-state index in [2.05, 4.69) is 170 Å². The number of aryl methyl sites for hydroxylation is 10. The lowest BCUT2D eigenvalue weighted by Gasteiger charge is -2.23. The van der Waals surface area contributed by atoms with Crippen LogP contribution in [0, 0.1) is 0 Å². The number of carbonyl (C=O) groups is 6. The summed E-state index contributed by atoms with van der Waals surface area (Å²) in [4.78, 5) is 78.2. The van der Waals surface area contributed by atoms with Crippen molar-refractivity contribution in [1.82, 2.24) is 14.7 Å². The van der Waals surface area contributed by atoms with Crippen LogP contribution in [-0.2, 0) is 82.0 Å². The molecular formula is C127H137N3O17. The summed E-state index contributed by atoms with van der Waals surface area (Å²) in [6.07, 6.45) is 13.2. The number of aromatic carboxylic acids is 3. The maximum atomic E-state index is 13.2. The zero-order valence-electron chi connectivity index (χ0n) is 86.0. The zero-order chi connectivity index (χ0) is 105. The van der Waals surface area contributed by atoms with E-state index >= 15 is 0 Å². The van der Waals surface area contributed by atoms with Gasteiger partial charge in [0.1, 0.15) is 56.9 Å². The van der Waals surface area contributed by atoms with Crippen LogP contribution in [0.5, 0.6) is 40.2 Å². The number of unbranched alkanes of at least 4 members (excludes halogenated alkanes) is 3. The Hall–Kier alpha value is -16.1. The quantitative estimate of drug-likeness (QED) is 0.0195. The van der Waals surface area contributed by atoms with Crippen molar-refractivity contribution < 1.29 is 83.1 Å². The van der Waals surface area contributed by atoms with Crippen LogP contribution in [0.15, 0.2) is 334 Å². The summed E-state index contributed by atoms with van der Waals surface area (Å²) in [6, 6.07) is 109. The van der Waals surface area contributed by atoms with Gasteiger partial charge >= 0.3 is 17.9 Å². The molecule has 0 heterocycles. The molecule has 0 aliphatic carbocycles. The molecule has 16 aromatic rings. The van der Waals surface area contributed by atoms with Gasteiger partial charge in [0.05, 0.1) is 58.3 Å². The molecule has 0 saturated carbocycles. The Kier molecular flexibility index (Phi) is 43.9. The van der Waals surface area contributed by atoms with Crippen LogP contribution in [0.3, 0.4) is 0 Å². The molecule has 0 aliphatic heterocycles. The van der Waals surface area contributed by atoms with E-state index in [1.54, 1.807) is 68.7 Å². The Morgan fingerprint density at radius 3 is 0.905 bits per heavy atom. The predicted octanol–water partition coefficient (Wildman–Crippen LogP) is 26.7. The van der Waals surface area contributed by atoms with Gasteiger partial charge in [-0.15, -0.1) is 0 Å². The van der Waals surface area contributed by atoms with E-state index in [0.29, 0.717) is 109 Å². The molecule has 16 aromatic carbocycles. The van der Waals surface area contributed by atoms with Crippen LogP contribution in [0.2, 0.25) is 0 Å². The molecule has 16 rings (SSSR count). The van der Waals surface area contributed by atoms with Crippen LogP contribution in [0.25, 0.3) is 43.1 Å². The van der Waals surface area contributed by atoms with E-state index in [-0.39, 0.29) is 52.7 Å². The third kappa shape index (κ3) is 32.0. The number of carboxylic acid groups (broad SMARTS) is 3. The summed E-state index contributed by atoms with van der Waals surface area (Å²) < 4.78 is 27.2. The lowest BCUT2D eigenvalue weighted by Crippen LogP contribution is -2.31. The second kappa shape index (κ2) is 58.0. The summed E-state index contributed by atoms with van der Waals surface area (Å²) >= 11 is 0. The van der Waals surface area contributed by atoms with Gasteiger partial charge in [0.25, 0.3) is 17.7 Å². The first kappa shape index (κ1) is 111. The highest BCUT2D eigenvalue weighted by Gasteiger charge is 2.27. The molecule has 0 unspecified atom stereocenters. The van der Waals surface area contributed by atoms with Crippen LogP contribution in [0.4, 0.5) is 0 Å². The first-order valence-electron chi connectivity index (χ1n) is 50.6. The number of phenols is 3. The number of rotatable bonds is 40. The number of benzene rings is 16. The van der Waals surface area contributed by atoms with Gasteiger partial charge in [0.15, 0.2) is 0 Å². The molecule has 0 spiro atoms. The van der Waals surface area contributed by atoms with Crippen molar-refractivity contribution >= 4 is 78.7 Å². The van der Waals surface area contributed by atoms with Crippen LogP contribution in [-0.4, -0.2) is 155 Å². The fourth-order valence-electron chi connectivity index (χ4n) is 18.2. The van der Waals surface area contributed by atoms with Gasteiger partial charge in [-0.3, -0.25) is 14.4 Å². The van der Waals surface area contributed by atoms with E-state index in [1.807, 2.05) is 161 Å². The van der Waals surface area contributed by atoms with Gasteiger partial charge in [0, 0.05) is 45.3 Å². The number of carboxylic acids is 3. The standard InChI is InChI=1S/C25H29NO3.C24H27NO2.C23H25NO2.C20H24O3.C19H16O3.C16H16O4/c1-5-26(6-2)25(27)24-21(16-22(28-3)17-23(24)29-4)14-12-18-11-13-19-9-7-8-10-20(19)15-18;1-4-25(5-2)24(26)23-20(11-8-12-22(23)27-3)16-14-18-13-15-19-9-6-7-10-21(19)17-18;1-3-24(4-2)23(26)22-19(10-7-11-21(22)25)15-13-17-12-14-18-8-5-6-9-20(18)16-17;1-23-18-15-9-14-17(19(18)20(21)22)13-8-3-2-5-10-16-11-6-4-7-12-16;20-17-7-3-6-15(18(17)19(21)22)11-9-13-8-10-14-4-1-2-5-16(14)12-13;17-14-8-4-7-13(15(14)16(18)19)11-20-10-9-12-5-2-1-3-6-12/h7-11,13,15-17H,5-6,12,14H2,1-4H3;6-13,15,17H,4-5,14,16H2,1-3H3;5-12,14,16,25H,3-4,13,15H2,1-2H3;4,6-7,9,11-12,14-15H,2-3,5,8,10,13H2,1H3,(H,21,22);1-8,10,12,20H,9,11H2,(H,21,22);1-8,17H,9-11H2,(H,18,19). The minimum absolute atomic E-state index is 0.00279. The predicted molar refractivity (Wildman–Crippen MR) is 590 cm³/mol.